The largest absolute Gasteiger partial charge is 0.462 e. The highest BCUT2D eigenvalue weighted by Crippen LogP contribution is 2.67. The van der Waals surface area contributed by atoms with E-state index in [1.165, 1.54) is 38.5 Å². The molecule has 170 valence electrons. The average molecular weight is 417 g/mol. The number of esters is 1. The summed E-state index contributed by atoms with van der Waals surface area (Å²) >= 11 is 0. The predicted octanol–water partition coefficient (Wildman–Crippen LogP) is 6.44. The van der Waals surface area contributed by atoms with E-state index in [1.807, 2.05) is 13.8 Å². The van der Waals surface area contributed by atoms with Crippen LogP contribution in [0.4, 0.5) is 0 Å². The highest BCUT2D eigenvalue weighted by Gasteiger charge is 2.60. The zero-order valence-corrected chi connectivity index (χ0v) is 20.2. The van der Waals surface area contributed by atoms with Gasteiger partial charge >= 0.3 is 5.97 Å². The molecule has 0 saturated heterocycles. The molecule has 4 fully saturated rings. The Bertz CT molecular complexity index is 684. The number of hydrogen-bond donors (Lipinski definition) is 0. The number of carbonyl (C=O) groups is 2. The molecule has 0 aromatic heterocycles. The lowest BCUT2D eigenvalue weighted by Gasteiger charge is -2.61. The van der Waals surface area contributed by atoms with Crippen molar-refractivity contribution in [2.45, 2.75) is 105 Å². The normalized spacial score (nSPS) is 46.5. The molecular weight excluding hydrogens is 372 g/mol. The molecule has 0 bridgehead atoms. The zero-order chi connectivity index (χ0) is 21.8. The van der Waals surface area contributed by atoms with E-state index in [2.05, 4.69) is 27.7 Å². The third kappa shape index (κ3) is 3.47. The Morgan fingerprint density at radius 1 is 0.867 bits per heavy atom. The monoisotopic (exact) mass is 416 g/mol. The summed E-state index contributed by atoms with van der Waals surface area (Å²) in [5.41, 5.74) is 0.640. The van der Waals surface area contributed by atoms with Crippen LogP contribution in [0.3, 0.4) is 0 Å². The predicted molar refractivity (Wildman–Crippen MR) is 120 cm³/mol. The van der Waals surface area contributed by atoms with Crippen LogP contribution in [0.2, 0.25) is 0 Å². The van der Waals surface area contributed by atoms with Gasteiger partial charge in [0.25, 0.3) is 0 Å². The Morgan fingerprint density at radius 3 is 2.20 bits per heavy atom. The topological polar surface area (TPSA) is 43.4 Å². The molecule has 4 rings (SSSR count). The summed E-state index contributed by atoms with van der Waals surface area (Å²) in [5, 5.41) is 0. The molecule has 0 aliphatic heterocycles. The second-order valence-electron chi connectivity index (χ2n) is 12.3. The van der Waals surface area contributed by atoms with Crippen LogP contribution < -0.4 is 0 Å². The van der Waals surface area contributed by atoms with Crippen LogP contribution in [-0.2, 0) is 14.3 Å². The van der Waals surface area contributed by atoms with Gasteiger partial charge in [-0.05, 0) is 105 Å². The molecule has 0 spiro atoms. The van der Waals surface area contributed by atoms with Crippen molar-refractivity contribution in [1.29, 1.82) is 0 Å². The van der Waals surface area contributed by atoms with E-state index in [1.54, 1.807) is 0 Å². The Balaban J connectivity index is 1.45. The molecule has 4 aliphatic rings. The average Bonchev–Trinajstić information content (AvgIpc) is 3.05. The van der Waals surface area contributed by atoms with E-state index < -0.39 is 0 Å². The lowest BCUT2D eigenvalue weighted by Crippen LogP contribution is -2.54. The van der Waals surface area contributed by atoms with Crippen LogP contribution >= 0.6 is 0 Å². The van der Waals surface area contributed by atoms with Crippen molar-refractivity contribution in [2.75, 3.05) is 0 Å². The molecule has 0 N–H and O–H groups in total. The van der Waals surface area contributed by atoms with E-state index >= 15 is 0 Å². The number of rotatable bonds is 4. The Morgan fingerprint density at radius 2 is 1.53 bits per heavy atom. The van der Waals surface area contributed by atoms with Gasteiger partial charge in [-0.15, -0.1) is 0 Å². The van der Waals surface area contributed by atoms with Crippen molar-refractivity contribution in [3.63, 3.8) is 0 Å². The molecule has 0 aromatic rings. The summed E-state index contributed by atoms with van der Waals surface area (Å²) in [7, 11) is 0. The number of ether oxygens (including phenoxy) is 1. The summed E-state index contributed by atoms with van der Waals surface area (Å²) in [6, 6.07) is 0. The molecule has 9 unspecified atom stereocenters. The second kappa shape index (κ2) is 7.93. The number of hydrogen-bond acceptors (Lipinski definition) is 3. The quantitative estimate of drug-likeness (QED) is 0.495. The van der Waals surface area contributed by atoms with Gasteiger partial charge in [0.05, 0.1) is 5.92 Å². The van der Waals surface area contributed by atoms with Gasteiger partial charge in [-0.2, -0.15) is 0 Å². The smallest absolute Gasteiger partial charge is 0.309 e. The highest BCUT2D eigenvalue weighted by molar-refractivity contribution is 5.79. The Labute approximate surface area is 184 Å². The number of ketones is 1. The van der Waals surface area contributed by atoms with Crippen LogP contribution in [0, 0.1) is 52.3 Å². The second-order valence-corrected chi connectivity index (χ2v) is 12.3. The molecule has 0 amide bonds. The summed E-state index contributed by atoms with van der Waals surface area (Å²) in [6.07, 6.45) is 10.9. The first-order valence-electron chi connectivity index (χ1n) is 12.8. The van der Waals surface area contributed by atoms with E-state index in [4.69, 9.17) is 4.74 Å². The van der Waals surface area contributed by atoms with Crippen molar-refractivity contribution in [3.05, 3.63) is 0 Å². The first kappa shape index (κ1) is 22.3. The molecule has 9 atom stereocenters. The van der Waals surface area contributed by atoms with Crippen LogP contribution in [-0.4, -0.2) is 17.9 Å². The number of Topliss-reactive ketones (excluding diaryl/α,β-unsaturated/α-hetero) is 1. The summed E-state index contributed by atoms with van der Waals surface area (Å²) < 4.78 is 5.99. The van der Waals surface area contributed by atoms with E-state index in [0.29, 0.717) is 29.0 Å². The van der Waals surface area contributed by atoms with Crippen molar-refractivity contribution in [2.24, 2.45) is 52.3 Å². The van der Waals surface area contributed by atoms with Crippen molar-refractivity contribution < 1.29 is 14.3 Å². The first-order chi connectivity index (χ1) is 14.1. The molecule has 30 heavy (non-hydrogen) atoms. The molecule has 0 aromatic carbocycles. The van der Waals surface area contributed by atoms with Crippen LogP contribution in [0.5, 0.6) is 0 Å². The van der Waals surface area contributed by atoms with Gasteiger partial charge in [0, 0.05) is 5.92 Å². The molecule has 4 saturated carbocycles. The fourth-order valence-corrected chi connectivity index (χ4v) is 8.54. The maximum atomic E-state index is 12.5. The highest BCUT2D eigenvalue weighted by atomic mass is 16.5. The number of fused-ring (bicyclic) bond motifs is 5. The fraction of sp³-hybridized carbons (Fsp3) is 0.926. The minimum atomic E-state index is -0.0124. The zero-order valence-electron chi connectivity index (χ0n) is 20.2. The minimum Gasteiger partial charge on any atom is -0.462 e. The fourth-order valence-electron chi connectivity index (χ4n) is 8.54. The molecule has 0 heterocycles. The van der Waals surface area contributed by atoms with E-state index in [0.717, 1.165) is 37.0 Å². The summed E-state index contributed by atoms with van der Waals surface area (Å²) in [6.45, 7) is 13.0. The van der Waals surface area contributed by atoms with Gasteiger partial charge in [0.2, 0.25) is 0 Å². The van der Waals surface area contributed by atoms with Crippen LogP contribution in [0.15, 0.2) is 0 Å². The molecule has 3 nitrogen and oxygen atoms in total. The lowest BCUT2D eigenvalue weighted by atomic mass is 9.44. The van der Waals surface area contributed by atoms with Crippen molar-refractivity contribution in [1.82, 2.24) is 0 Å². The molecule has 4 aliphatic carbocycles. The van der Waals surface area contributed by atoms with Crippen LogP contribution in [0.25, 0.3) is 0 Å². The maximum absolute atomic E-state index is 12.5. The van der Waals surface area contributed by atoms with Crippen LogP contribution in [0.1, 0.15) is 99.3 Å². The first-order valence-corrected chi connectivity index (χ1v) is 12.8. The van der Waals surface area contributed by atoms with Crippen molar-refractivity contribution in [3.8, 4) is 0 Å². The van der Waals surface area contributed by atoms with Crippen molar-refractivity contribution >= 4 is 11.8 Å². The summed E-state index contributed by atoms with van der Waals surface area (Å²) in [4.78, 5) is 24.8. The van der Waals surface area contributed by atoms with E-state index in [-0.39, 0.29) is 23.4 Å². The Kier molecular flexibility index (Phi) is 5.90. The van der Waals surface area contributed by atoms with E-state index in [9.17, 15) is 9.59 Å². The van der Waals surface area contributed by atoms with Gasteiger partial charge < -0.3 is 4.74 Å². The van der Waals surface area contributed by atoms with Gasteiger partial charge in [-0.3, -0.25) is 9.59 Å². The molecule has 3 heteroatoms. The van der Waals surface area contributed by atoms with Gasteiger partial charge in [-0.1, -0.05) is 34.6 Å². The lowest BCUT2D eigenvalue weighted by molar-refractivity contribution is -0.167. The molecule has 0 radical (unpaired) electrons. The maximum Gasteiger partial charge on any atom is 0.309 e. The SMILES string of the molecule is CC(=O)C1CCC2C3CCC4CC(OC(=O)C(C)C(C)C)CCC4(C)C3CCC12C. The number of carbonyl (C=O) groups excluding carboxylic acids is 2. The third-order valence-electron chi connectivity index (χ3n) is 10.8. The minimum absolute atomic E-state index is 0.00181. The summed E-state index contributed by atoms with van der Waals surface area (Å²) in [5.74, 6) is 4.08. The van der Waals surface area contributed by atoms with Gasteiger partial charge in [0.1, 0.15) is 11.9 Å². The van der Waals surface area contributed by atoms with Gasteiger partial charge in [0.15, 0.2) is 0 Å². The standard InChI is InChI=1S/C27H44O3/c1-16(2)17(3)25(29)30-20-11-13-26(5)19(15-20)7-8-21-23-10-9-22(18(4)28)27(23,6)14-12-24(21)26/h16-17,19-24H,7-15H2,1-6H3. The third-order valence-corrected chi connectivity index (χ3v) is 10.8. The Hall–Kier alpha value is -0.860. The van der Waals surface area contributed by atoms with Gasteiger partial charge in [-0.25, -0.2) is 0 Å². The molecular formula is C27H44O3.